The van der Waals surface area contributed by atoms with Crippen LogP contribution in [0.2, 0.25) is 5.02 Å². The number of amides is 4. The number of phenols is 2. The predicted octanol–water partition coefficient (Wildman–Crippen LogP) is 4.44. The second kappa shape index (κ2) is 17.6. The summed E-state index contributed by atoms with van der Waals surface area (Å²) in [5.41, 5.74) is 9.24. The van der Waals surface area contributed by atoms with Crippen LogP contribution in [0.25, 0.3) is 22.3 Å². The SMILES string of the molecule is CC(O)[C@@H]1Cc2ccc(O)c(c2)-c2cc(ccc2O)[C@H](N(C)C(=O)[C@H](CCCCN)NC(=O)c2ccc(-c3ccc(Cl)cc3)cc2)C(=O)N[C@@H](C)C(=O)N1. The minimum Gasteiger partial charge on any atom is -0.507 e. The number of nitrogens with one attached hydrogen (secondary N) is 3. The lowest BCUT2D eigenvalue weighted by Gasteiger charge is -2.32. The summed E-state index contributed by atoms with van der Waals surface area (Å²) in [5, 5.41) is 41.3. The van der Waals surface area contributed by atoms with Crippen molar-refractivity contribution in [2.24, 2.45) is 5.73 Å². The molecule has 1 aliphatic rings. The molecule has 284 valence electrons. The molecule has 4 amide bonds. The number of halogens is 1. The van der Waals surface area contributed by atoms with E-state index in [0.29, 0.717) is 35.5 Å². The summed E-state index contributed by atoms with van der Waals surface area (Å²) >= 11 is 6.03. The molecule has 1 heterocycles. The second-order valence-electron chi connectivity index (χ2n) is 13.7. The summed E-state index contributed by atoms with van der Waals surface area (Å²) in [6, 6.07) is 19.1. The highest BCUT2D eigenvalue weighted by atomic mass is 35.5. The average Bonchev–Trinajstić information content (AvgIpc) is 3.15. The third-order valence-corrected chi connectivity index (χ3v) is 9.92. The van der Waals surface area contributed by atoms with Gasteiger partial charge in [0.25, 0.3) is 5.91 Å². The van der Waals surface area contributed by atoms with Crippen LogP contribution in [0.15, 0.2) is 84.9 Å². The number of nitrogens with zero attached hydrogens (tertiary/aromatic N) is 1. The number of unbranched alkanes of at least 4 members (excludes halogenated alkanes) is 1. The highest BCUT2D eigenvalue weighted by Gasteiger charge is 2.35. The highest BCUT2D eigenvalue weighted by molar-refractivity contribution is 6.30. The number of carbonyl (C=O) groups is 4. The lowest BCUT2D eigenvalue weighted by atomic mass is 9.93. The number of aromatic hydroxyl groups is 2. The Kier molecular flexibility index (Phi) is 13.0. The standard InChI is InChI=1S/C41H46ClN5O7/c1-23-38(51)46-34(24(2)48)21-25-7-17-35(49)31(20-25)32-22-29(14-18-36(32)50)37(40(53)44-23)47(3)41(54)33(6-4-5-19-43)45-39(52)28-10-8-26(9-11-28)27-12-15-30(42)16-13-27/h7-18,20,22-24,33-34,37,48-50H,4-6,19,21,43H2,1-3H3,(H,44,53)(H,45,52)(H,46,51)/t23-,24?,33-,34-,37-/m0/s1. The first-order valence-corrected chi connectivity index (χ1v) is 18.2. The van der Waals surface area contributed by atoms with E-state index in [2.05, 4.69) is 16.0 Å². The van der Waals surface area contributed by atoms with Crippen LogP contribution < -0.4 is 21.7 Å². The van der Waals surface area contributed by atoms with Gasteiger partial charge in [-0.25, -0.2) is 0 Å². The van der Waals surface area contributed by atoms with Crippen molar-refractivity contribution < 1.29 is 34.5 Å². The van der Waals surface area contributed by atoms with Gasteiger partial charge in [0.05, 0.1) is 12.1 Å². The minimum atomic E-state index is -1.35. The molecule has 0 aromatic heterocycles. The molecule has 0 saturated carbocycles. The molecular weight excluding hydrogens is 710 g/mol. The largest absolute Gasteiger partial charge is 0.507 e. The molecule has 8 N–H and O–H groups in total. The Morgan fingerprint density at radius 1 is 0.889 bits per heavy atom. The Balaban J connectivity index is 1.50. The number of carbonyl (C=O) groups excluding carboxylic acids is 4. The van der Waals surface area contributed by atoms with E-state index in [0.717, 1.165) is 11.1 Å². The predicted molar refractivity (Wildman–Crippen MR) is 207 cm³/mol. The molecule has 1 unspecified atom stereocenters. The van der Waals surface area contributed by atoms with Crippen LogP contribution in [0, 0.1) is 0 Å². The minimum absolute atomic E-state index is 0.154. The van der Waals surface area contributed by atoms with Gasteiger partial charge in [-0.15, -0.1) is 0 Å². The number of phenolic OH excluding ortho intramolecular Hbond substituents is 2. The Hall–Kier alpha value is -5.43. The van der Waals surface area contributed by atoms with Crippen molar-refractivity contribution in [2.75, 3.05) is 13.6 Å². The molecule has 4 bridgehead atoms. The molecule has 0 aliphatic carbocycles. The van der Waals surface area contributed by atoms with Crippen LogP contribution in [-0.2, 0) is 20.8 Å². The van der Waals surface area contributed by atoms with Crippen LogP contribution >= 0.6 is 11.6 Å². The summed E-state index contributed by atoms with van der Waals surface area (Å²) < 4.78 is 0. The zero-order chi connectivity index (χ0) is 39.1. The maximum absolute atomic E-state index is 14.4. The molecule has 4 aromatic rings. The quantitative estimate of drug-likeness (QED) is 0.116. The van der Waals surface area contributed by atoms with Crippen molar-refractivity contribution >= 4 is 35.2 Å². The lowest BCUT2D eigenvalue weighted by Crippen LogP contribution is -2.55. The smallest absolute Gasteiger partial charge is 0.251 e. The van der Waals surface area contributed by atoms with Gasteiger partial charge in [-0.3, -0.25) is 19.2 Å². The molecule has 5 rings (SSSR count). The molecule has 54 heavy (non-hydrogen) atoms. The van der Waals surface area contributed by atoms with Gasteiger partial charge in [0, 0.05) is 28.8 Å². The Morgan fingerprint density at radius 3 is 2.13 bits per heavy atom. The summed E-state index contributed by atoms with van der Waals surface area (Å²) in [5.74, 6) is -2.68. The van der Waals surface area contributed by atoms with Crippen molar-refractivity contribution in [3.8, 4) is 33.8 Å². The number of hydrogen-bond donors (Lipinski definition) is 7. The fourth-order valence-electron chi connectivity index (χ4n) is 6.50. The Morgan fingerprint density at radius 2 is 1.50 bits per heavy atom. The van der Waals surface area contributed by atoms with Gasteiger partial charge in [0.1, 0.15) is 29.6 Å². The fourth-order valence-corrected chi connectivity index (χ4v) is 6.63. The van der Waals surface area contributed by atoms with Gasteiger partial charge in [0.2, 0.25) is 17.7 Å². The van der Waals surface area contributed by atoms with E-state index < -0.39 is 53.9 Å². The van der Waals surface area contributed by atoms with Gasteiger partial charge in [0.15, 0.2) is 0 Å². The third-order valence-electron chi connectivity index (χ3n) is 9.66. The lowest BCUT2D eigenvalue weighted by molar-refractivity contribution is -0.141. The van der Waals surface area contributed by atoms with Crippen LogP contribution in [-0.4, -0.2) is 81.7 Å². The van der Waals surface area contributed by atoms with Crippen LogP contribution in [0.4, 0.5) is 0 Å². The molecule has 0 radical (unpaired) electrons. The van der Waals surface area contributed by atoms with Crippen LogP contribution in [0.1, 0.15) is 60.6 Å². The molecule has 1 aliphatic heterocycles. The molecule has 12 nitrogen and oxygen atoms in total. The van der Waals surface area contributed by atoms with E-state index >= 15 is 0 Å². The Labute approximate surface area is 319 Å². The van der Waals surface area contributed by atoms with Crippen molar-refractivity contribution in [3.05, 3.63) is 107 Å². The van der Waals surface area contributed by atoms with Gasteiger partial charge in [-0.05, 0) is 117 Å². The van der Waals surface area contributed by atoms with E-state index in [1.165, 1.54) is 50.1 Å². The maximum Gasteiger partial charge on any atom is 0.251 e. The van der Waals surface area contributed by atoms with Crippen LogP contribution in [0.5, 0.6) is 11.5 Å². The first-order valence-electron chi connectivity index (χ1n) is 17.8. The molecule has 5 atom stereocenters. The van der Waals surface area contributed by atoms with Crippen molar-refractivity contribution in [3.63, 3.8) is 0 Å². The van der Waals surface area contributed by atoms with E-state index in [1.807, 2.05) is 12.1 Å². The molecule has 4 aromatic carbocycles. The zero-order valence-corrected chi connectivity index (χ0v) is 31.1. The van der Waals surface area contributed by atoms with E-state index in [4.69, 9.17) is 17.3 Å². The zero-order valence-electron chi connectivity index (χ0n) is 30.4. The summed E-state index contributed by atoms with van der Waals surface area (Å²) in [6.07, 6.45) is 0.551. The van der Waals surface area contributed by atoms with E-state index in [-0.39, 0.29) is 41.0 Å². The van der Waals surface area contributed by atoms with Gasteiger partial charge < -0.3 is 41.9 Å². The number of rotatable bonds is 10. The highest BCUT2D eigenvalue weighted by Crippen LogP contribution is 2.39. The van der Waals surface area contributed by atoms with Crippen molar-refractivity contribution in [2.45, 2.75) is 69.8 Å². The second-order valence-corrected chi connectivity index (χ2v) is 14.1. The molecular formula is C41H46ClN5O7. The number of nitrogens with two attached hydrogens (primary N) is 1. The normalized spacial score (nSPS) is 18.4. The first kappa shape index (κ1) is 39.8. The maximum atomic E-state index is 14.4. The molecule has 13 heteroatoms. The first-order chi connectivity index (χ1) is 25.8. The number of benzene rings is 4. The number of likely N-dealkylation sites (N-methyl/N-ethyl adjacent to an activating group) is 1. The molecule has 0 spiro atoms. The summed E-state index contributed by atoms with van der Waals surface area (Å²) in [6.45, 7) is 3.40. The average molecular weight is 756 g/mol. The third kappa shape index (κ3) is 9.37. The summed E-state index contributed by atoms with van der Waals surface area (Å²) in [4.78, 5) is 56.7. The summed E-state index contributed by atoms with van der Waals surface area (Å²) in [7, 11) is 1.43. The van der Waals surface area contributed by atoms with Crippen molar-refractivity contribution in [1.29, 1.82) is 0 Å². The van der Waals surface area contributed by atoms with Crippen molar-refractivity contribution in [1.82, 2.24) is 20.9 Å². The number of hydrogen-bond acceptors (Lipinski definition) is 8. The van der Waals surface area contributed by atoms with Gasteiger partial charge >= 0.3 is 0 Å². The molecule has 0 saturated heterocycles. The van der Waals surface area contributed by atoms with Gasteiger partial charge in [-0.2, -0.15) is 0 Å². The van der Waals surface area contributed by atoms with E-state index in [1.54, 1.807) is 48.5 Å². The monoisotopic (exact) mass is 755 g/mol. The van der Waals surface area contributed by atoms with Gasteiger partial charge in [-0.1, -0.05) is 48.0 Å². The Bertz CT molecular complexity index is 1990. The van der Waals surface area contributed by atoms with E-state index in [9.17, 15) is 34.5 Å². The number of aliphatic hydroxyl groups is 1. The number of fused-ring (bicyclic) bond motifs is 5. The topological polar surface area (TPSA) is 194 Å². The van der Waals surface area contributed by atoms with Crippen LogP contribution in [0.3, 0.4) is 0 Å². The number of aliphatic hydroxyl groups excluding tert-OH is 1. The molecule has 0 fully saturated rings. The fraction of sp³-hybridized carbons (Fsp3) is 0.317.